The third-order valence-corrected chi connectivity index (χ3v) is 2.95. The number of aromatic nitrogens is 3. The fraction of sp³-hybridized carbons (Fsp3) is 0.0769. The number of nitrogens with zero attached hydrogens (tertiary/aromatic N) is 1. The number of aryl methyl sites for hydroxylation is 1. The highest BCUT2D eigenvalue weighted by atomic mass is 16.1. The van der Waals surface area contributed by atoms with E-state index in [9.17, 15) is 4.79 Å². The molecule has 2 heterocycles. The van der Waals surface area contributed by atoms with Crippen LogP contribution in [-0.4, -0.2) is 15.2 Å². The van der Waals surface area contributed by atoms with Gasteiger partial charge in [0.15, 0.2) is 0 Å². The first-order chi connectivity index (χ1) is 8.27. The Morgan fingerprint density at radius 1 is 1.18 bits per heavy atom. The van der Waals surface area contributed by atoms with Crippen LogP contribution in [0.2, 0.25) is 0 Å². The minimum Gasteiger partial charge on any atom is -0.321 e. The Hall–Kier alpha value is -2.36. The maximum absolute atomic E-state index is 12.0. The van der Waals surface area contributed by atoms with Gasteiger partial charge in [0.2, 0.25) is 0 Å². The van der Waals surface area contributed by atoms with Gasteiger partial charge in [-0.15, -0.1) is 0 Å². The predicted octanol–water partition coefficient (Wildman–Crippen LogP) is 2.23. The molecule has 0 fully saturated rings. The Morgan fingerprint density at radius 3 is 2.76 bits per heavy atom. The molecule has 84 valence electrons. The van der Waals surface area contributed by atoms with Crippen LogP contribution >= 0.6 is 0 Å². The molecule has 0 aliphatic rings. The molecule has 0 spiro atoms. The number of hydrogen-bond acceptors (Lipinski definition) is 2. The second kappa shape index (κ2) is 3.59. The van der Waals surface area contributed by atoms with Crippen LogP contribution < -0.4 is 5.56 Å². The van der Waals surface area contributed by atoms with Gasteiger partial charge in [0.25, 0.3) is 5.56 Å². The van der Waals surface area contributed by atoms with E-state index in [1.165, 1.54) is 0 Å². The van der Waals surface area contributed by atoms with Crippen molar-refractivity contribution in [2.24, 2.45) is 0 Å². The number of fused-ring (bicyclic) bond motifs is 1. The topological polar surface area (TPSA) is 61.5 Å². The third-order valence-electron chi connectivity index (χ3n) is 2.95. The number of aromatic amines is 2. The van der Waals surface area contributed by atoms with Crippen LogP contribution in [-0.2, 0) is 0 Å². The van der Waals surface area contributed by atoms with E-state index in [1.807, 2.05) is 31.2 Å². The summed E-state index contributed by atoms with van der Waals surface area (Å²) in [6.07, 6.45) is 1.64. The number of rotatable bonds is 1. The molecule has 0 bridgehead atoms. The zero-order valence-corrected chi connectivity index (χ0v) is 9.32. The summed E-state index contributed by atoms with van der Waals surface area (Å²) in [5.74, 6) is 0. The fourth-order valence-electron chi connectivity index (χ4n) is 2.13. The number of benzene rings is 1. The Bertz CT molecular complexity index is 726. The fourth-order valence-corrected chi connectivity index (χ4v) is 2.13. The summed E-state index contributed by atoms with van der Waals surface area (Å²) < 4.78 is 0. The number of nitrogens with one attached hydrogen (secondary N) is 2. The molecule has 0 atom stereocenters. The van der Waals surface area contributed by atoms with E-state index in [4.69, 9.17) is 0 Å². The first kappa shape index (κ1) is 9.84. The van der Waals surface area contributed by atoms with Crippen LogP contribution in [0.15, 0.2) is 41.3 Å². The molecular weight excluding hydrogens is 214 g/mol. The summed E-state index contributed by atoms with van der Waals surface area (Å²) in [7, 11) is 0. The van der Waals surface area contributed by atoms with Gasteiger partial charge in [-0.3, -0.25) is 9.89 Å². The van der Waals surface area contributed by atoms with Gasteiger partial charge in [-0.05, 0) is 24.6 Å². The first-order valence-electron chi connectivity index (χ1n) is 5.39. The van der Waals surface area contributed by atoms with Crippen LogP contribution in [0.1, 0.15) is 5.56 Å². The van der Waals surface area contributed by atoms with Crippen molar-refractivity contribution in [3.05, 3.63) is 52.4 Å². The molecule has 0 aliphatic heterocycles. The molecule has 2 aromatic heterocycles. The molecule has 0 radical (unpaired) electrons. The zero-order valence-electron chi connectivity index (χ0n) is 9.32. The molecule has 3 aromatic rings. The van der Waals surface area contributed by atoms with Crippen molar-refractivity contribution in [3.8, 4) is 11.3 Å². The molecule has 0 saturated carbocycles. The van der Waals surface area contributed by atoms with Crippen molar-refractivity contribution in [2.45, 2.75) is 6.92 Å². The number of H-pyrrole nitrogens is 2. The van der Waals surface area contributed by atoms with E-state index in [0.29, 0.717) is 5.56 Å². The average Bonchev–Trinajstić information content (AvgIpc) is 2.83. The highest BCUT2D eigenvalue weighted by Gasteiger charge is 2.11. The van der Waals surface area contributed by atoms with Crippen LogP contribution in [0, 0.1) is 6.92 Å². The summed E-state index contributed by atoms with van der Waals surface area (Å²) in [5.41, 5.74) is 3.13. The molecule has 0 aliphatic carbocycles. The molecule has 0 amide bonds. The van der Waals surface area contributed by atoms with Crippen molar-refractivity contribution in [1.29, 1.82) is 0 Å². The van der Waals surface area contributed by atoms with E-state index < -0.39 is 0 Å². The lowest BCUT2D eigenvalue weighted by Crippen LogP contribution is -2.11. The maximum atomic E-state index is 12.0. The molecule has 0 unspecified atom stereocenters. The lowest BCUT2D eigenvalue weighted by molar-refractivity contribution is 1.09. The standard InChI is InChI=1S/C13H11N3O/c1-8-9-4-2-3-5-10(9)15-13(17)12(8)11-6-7-14-16-11/h2-7H,1H3,(H,14,16)(H,15,17). The van der Waals surface area contributed by atoms with Crippen molar-refractivity contribution in [3.63, 3.8) is 0 Å². The molecule has 4 heteroatoms. The Morgan fingerprint density at radius 2 is 2.00 bits per heavy atom. The summed E-state index contributed by atoms with van der Waals surface area (Å²) in [6, 6.07) is 9.57. The Kier molecular flexibility index (Phi) is 2.08. The minimum atomic E-state index is -0.0922. The SMILES string of the molecule is Cc1c(-c2ccn[nH]2)c(=O)[nH]c2ccccc12. The second-order valence-corrected chi connectivity index (χ2v) is 3.97. The average molecular weight is 225 g/mol. The minimum absolute atomic E-state index is 0.0922. The van der Waals surface area contributed by atoms with Crippen molar-refractivity contribution in [2.75, 3.05) is 0 Å². The molecule has 2 N–H and O–H groups in total. The lowest BCUT2D eigenvalue weighted by atomic mass is 10.0. The highest BCUT2D eigenvalue weighted by Crippen LogP contribution is 2.23. The largest absolute Gasteiger partial charge is 0.321 e. The number of pyridine rings is 1. The zero-order chi connectivity index (χ0) is 11.8. The molecule has 0 saturated heterocycles. The van der Waals surface area contributed by atoms with Crippen LogP contribution in [0.3, 0.4) is 0 Å². The van der Waals surface area contributed by atoms with Gasteiger partial charge in [-0.25, -0.2) is 0 Å². The van der Waals surface area contributed by atoms with Crippen LogP contribution in [0.5, 0.6) is 0 Å². The predicted molar refractivity (Wildman–Crippen MR) is 66.9 cm³/mol. The lowest BCUT2D eigenvalue weighted by Gasteiger charge is -2.06. The summed E-state index contributed by atoms with van der Waals surface area (Å²) >= 11 is 0. The van der Waals surface area contributed by atoms with Crippen LogP contribution in [0.4, 0.5) is 0 Å². The van der Waals surface area contributed by atoms with E-state index >= 15 is 0 Å². The summed E-state index contributed by atoms with van der Waals surface area (Å²) in [4.78, 5) is 14.9. The van der Waals surface area contributed by atoms with Gasteiger partial charge < -0.3 is 4.98 Å². The monoisotopic (exact) mass is 225 g/mol. The first-order valence-corrected chi connectivity index (χ1v) is 5.39. The normalized spacial score (nSPS) is 10.9. The molecule has 1 aromatic carbocycles. The van der Waals surface area contributed by atoms with Gasteiger partial charge >= 0.3 is 0 Å². The number of para-hydroxylation sites is 1. The maximum Gasteiger partial charge on any atom is 0.258 e. The van der Waals surface area contributed by atoms with Crippen molar-refractivity contribution < 1.29 is 0 Å². The van der Waals surface area contributed by atoms with E-state index in [1.54, 1.807) is 12.3 Å². The van der Waals surface area contributed by atoms with Crippen LogP contribution in [0.25, 0.3) is 22.2 Å². The van der Waals surface area contributed by atoms with Gasteiger partial charge in [0, 0.05) is 17.1 Å². The molecule has 17 heavy (non-hydrogen) atoms. The highest BCUT2D eigenvalue weighted by molar-refractivity contribution is 5.87. The third kappa shape index (κ3) is 1.45. The van der Waals surface area contributed by atoms with Gasteiger partial charge in [0.1, 0.15) is 0 Å². The van der Waals surface area contributed by atoms with Crippen molar-refractivity contribution >= 4 is 10.9 Å². The van der Waals surface area contributed by atoms with Gasteiger partial charge in [-0.2, -0.15) is 5.10 Å². The quantitative estimate of drug-likeness (QED) is 0.667. The Labute approximate surface area is 97.3 Å². The molecular formula is C13H11N3O. The van der Waals surface area contributed by atoms with Crippen molar-refractivity contribution in [1.82, 2.24) is 15.2 Å². The van der Waals surface area contributed by atoms with Gasteiger partial charge in [0.05, 0.1) is 11.3 Å². The summed E-state index contributed by atoms with van der Waals surface area (Å²) in [5, 5.41) is 7.77. The smallest absolute Gasteiger partial charge is 0.258 e. The summed E-state index contributed by atoms with van der Waals surface area (Å²) in [6.45, 7) is 1.95. The Balaban J connectivity index is 2.44. The second-order valence-electron chi connectivity index (χ2n) is 3.97. The number of hydrogen-bond donors (Lipinski definition) is 2. The van der Waals surface area contributed by atoms with Gasteiger partial charge in [-0.1, -0.05) is 18.2 Å². The van der Waals surface area contributed by atoms with E-state index in [0.717, 1.165) is 22.2 Å². The molecule has 3 rings (SSSR count). The van der Waals surface area contributed by atoms with E-state index in [-0.39, 0.29) is 5.56 Å². The van der Waals surface area contributed by atoms with E-state index in [2.05, 4.69) is 15.2 Å². The molecule has 4 nitrogen and oxygen atoms in total.